The second-order valence-electron chi connectivity index (χ2n) is 6.12. The van der Waals surface area contributed by atoms with E-state index in [1.807, 2.05) is 36.5 Å². The van der Waals surface area contributed by atoms with Crippen molar-refractivity contribution in [2.45, 2.75) is 13.0 Å². The number of hydrogen-bond acceptors (Lipinski definition) is 3. The van der Waals surface area contributed by atoms with Crippen LogP contribution in [0.15, 0.2) is 73.1 Å². The van der Waals surface area contributed by atoms with E-state index in [9.17, 15) is 9.18 Å². The molecule has 0 spiro atoms. The van der Waals surface area contributed by atoms with Crippen LogP contribution in [0.1, 0.15) is 16.7 Å². The molecule has 5 heteroatoms. The Kier molecular flexibility index (Phi) is 5.94. The van der Waals surface area contributed by atoms with E-state index in [0.717, 1.165) is 16.7 Å². The van der Waals surface area contributed by atoms with Crippen LogP contribution in [0.25, 0.3) is 12.2 Å². The van der Waals surface area contributed by atoms with Crippen LogP contribution < -0.4 is 5.73 Å². The molecule has 1 heterocycles. The number of nitrogens with two attached hydrogens (primary N) is 1. The lowest BCUT2D eigenvalue weighted by atomic mass is 10.1. The van der Waals surface area contributed by atoms with E-state index in [1.165, 1.54) is 12.1 Å². The SMILES string of the molecule is Nc1ccccc1CC(=O)/C=C/c1cnn(C/C=C/c2ccc(F)cc2)c1. The number of allylic oxidation sites excluding steroid dienone is 2. The number of ketones is 1. The van der Waals surface area contributed by atoms with Gasteiger partial charge in [0, 0.05) is 23.9 Å². The van der Waals surface area contributed by atoms with E-state index < -0.39 is 0 Å². The van der Waals surface area contributed by atoms with Gasteiger partial charge in [0.2, 0.25) is 0 Å². The molecule has 136 valence electrons. The zero-order chi connectivity index (χ0) is 19.1. The summed E-state index contributed by atoms with van der Waals surface area (Å²) in [5.74, 6) is -0.267. The normalized spacial score (nSPS) is 11.4. The molecule has 2 aromatic carbocycles. The van der Waals surface area contributed by atoms with E-state index in [1.54, 1.807) is 41.2 Å². The molecule has 0 atom stereocenters. The number of halogens is 1. The summed E-state index contributed by atoms with van der Waals surface area (Å²) in [4.78, 5) is 12.1. The van der Waals surface area contributed by atoms with Gasteiger partial charge in [-0.05, 0) is 41.5 Å². The number of nitrogens with zero attached hydrogens (tertiary/aromatic N) is 2. The van der Waals surface area contributed by atoms with Crippen molar-refractivity contribution in [3.63, 3.8) is 0 Å². The van der Waals surface area contributed by atoms with Gasteiger partial charge in [-0.3, -0.25) is 9.48 Å². The van der Waals surface area contributed by atoms with Crippen molar-refractivity contribution in [3.8, 4) is 0 Å². The van der Waals surface area contributed by atoms with E-state index in [2.05, 4.69) is 5.10 Å². The quantitative estimate of drug-likeness (QED) is 0.508. The predicted molar refractivity (Wildman–Crippen MR) is 106 cm³/mol. The maximum absolute atomic E-state index is 12.9. The van der Waals surface area contributed by atoms with Gasteiger partial charge in [0.1, 0.15) is 5.82 Å². The summed E-state index contributed by atoms with van der Waals surface area (Å²) in [5, 5.41) is 4.26. The molecule has 3 rings (SSSR count). The molecule has 3 aromatic rings. The highest BCUT2D eigenvalue weighted by molar-refractivity contribution is 5.95. The van der Waals surface area contributed by atoms with Crippen molar-refractivity contribution in [1.29, 1.82) is 0 Å². The van der Waals surface area contributed by atoms with Gasteiger partial charge in [-0.2, -0.15) is 5.10 Å². The smallest absolute Gasteiger partial charge is 0.160 e. The largest absolute Gasteiger partial charge is 0.398 e. The zero-order valence-corrected chi connectivity index (χ0v) is 14.8. The average Bonchev–Trinajstić information content (AvgIpc) is 3.11. The van der Waals surface area contributed by atoms with Crippen LogP contribution in [0, 0.1) is 5.82 Å². The third-order valence-electron chi connectivity index (χ3n) is 4.01. The fourth-order valence-corrected chi connectivity index (χ4v) is 2.57. The highest BCUT2D eigenvalue weighted by Crippen LogP contribution is 2.12. The van der Waals surface area contributed by atoms with Crippen molar-refractivity contribution in [2.75, 3.05) is 5.73 Å². The molecule has 0 saturated carbocycles. The Morgan fingerprint density at radius 1 is 1.07 bits per heavy atom. The van der Waals surface area contributed by atoms with Crippen molar-refractivity contribution in [2.24, 2.45) is 0 Å². The molecular weight excluding hydrogens is 341 g/mol. The second-order valence-corrected chi connectivity index (χ2v) is 6.12. The first-order valence-corrected chi connectivity index (χ1v) is 8.59. The number of aromatic nitrogens is 2. The molecule has 0 amide bonds. The number of anilines is 1. The molecule has 2 N–H and O–H groups in total. The molecular formula is C22H20FN3O. The van der Waals surface area contributed by atoms with Crippen LogP contribution in [0.5, 0.6) is 0 Å². The second kappa shape index (κ2) is 8.76. The highest BCUT2D eigenvalue weighted by atomic mass is 19.1. The number of para-hydroxylation sites is 1. The Morgan fingerprint density at radius 3 is 2.63 bits per heavy atom. The average molecular weight is 361 g/mol. The number of carbonyl (C=O) groups excluding carboxylic acids is 1. The Labute approximate surface area is 157 Å². The third kappa shape index (κ3) is 5.51. The standard InChI is InChI=1S/C22H20FN3O/c23-20-10-7-17(8-11-20)4-3-13-26-16-18(15-25-26)9-12-21(27)14-19-5-1-2-6-22(19)24/h1-12,15-16H,13-14,24H2/b4-3+,12-9+. The summed E-state index contributed by atoms with van der Waals surface area (Å²) < 4.78 is 14.6. The first-order chi connectivity index (χ1) is 13.1. The Bertz CT molecular complexity index is 971. The van der Waals surface area contributed by atoms with Gasteiger partial charge in [0.05, 0.1) is 12.7 Å². The first kappa shape index (κ1) is 18.3. The van der Waals surface area contributed by atoms with Crippen LogP contribution >= 0.6 is 0 Å². The first-order valence-electron chi connectivity index (χ1n) is 8.59. The van der Waals surface area contributed by atoms with Crippen molar-refractivity contribution < 1.29 is 9.18 Å². The summed E-state index contributed by atoms with van der Waals surface area (Å²) in [7, 11) is 0. The summed E-state index contributed by atoms with van der Waals surface area (Å²) in [6, 6.07) is 13.6. The van der Waals surface area contributed by atoms with Gasteiger partial charge < -0.3 is 5.73 Å². The maximum atomic E-state index is 12.9. The van der Waals surface area contributed by atoms with E-state index in [4.69, 9.17) is 5.73 Å². The van der Waals surface area contributed by atoms with Gasteiger partial charge in [0.25, 0.3) is 0 Å². The highest BCUT2D eigenvalue weighted by Gasteiger charge is 2.03. The van der Waals surface area contributed by atoms with Gasteiger partial charge in [-0.15, -0.1) is 0 Å². The molecule has 0 radical (unpaired) electrons. The molecule has 0 bridgehead atoms. The number of hydrogen-bond donors (Lipinski definition) is 1. The fourth-order valence-electron chi connectivity index (χ4n) is 2.57. The van der Waals surface area contributed by atoms with Gasteiger partial charge in [0.15, 0.2) is 5.78 Å². The number of nitrogen functional groups attached to an aromatic ring is 1. The summed E-state index contributed by atoms with van der Waals surface area (Å²) in [6.07, 6.45) is 11.0. The fraction of sp³-hybridized carbons (Fsp3) is 0.0909. The molecule has 1 aromatic heterocycles. The minimum atomic E-state index is -0.250. The van der Waals surface area contributed by atoms with Crippen molar-refractivity contribution in [1.82, 2.24) is 9.78 Å². The zero-order valence-electron chi connectivity index (χ0n) is 14.8. The molecule has 0 unspecified atom stereocenters. The van der Waals surface area contributed by atoms with Gasteiger partial charge >= 0.3 is 0 Å². The molecule has 0 aliphatic carbocycles. The van der Waals surface area contributed by atoms with Crippen LogP contribution in [0.4, 0.5) is 10.1 Å². The van der Waals surface area contributed by atoms with Crippen LogP contribution in [0.3, 0.4) is 0 Å². The maximum Gasteiger partial charge on any atom is 0.160 e. The topological polar surface area (TPSA) is 60.9 Å². The van der Waals surface area contributed by atoms with E-state index in [-0.39, 0.29) is 18.0 Å². The van der Waals surface area contributed by atoms with E-state index in [0.29, 0.717) is 12.2 Å². The molecule has 0 aliphatic rings. The van der Waals surface area contributed by atoms with Crippen LogP contribution in [-0.4, -0.2) is 15.6 Å². The van der Waals surface area contributed by atoms with Crippen molar-refractivity contribution >= 4 is 23.6 Å². The van der Waals surface area contributed by atoms with E-state index >= 15 is 0 Å². The lowest BCUT2D eigenvalue weighted by molar-refractivity contribution is -0.113. The Morgan fingerprint density at radius 2 is 1.85 bits per heavy atom. The van der Waals surface area contributed by atoms with Gasteiger partial charge in [-0.1, -0.05) is 42.5 Å². The molecule has 27 heavy (non-hydrogen) atoms. The Balaban J connectivity index is 1.54. The molecule has 0 saturated heterocycles. The van der Waals surface area contributed by atoms with Crippen molar-refractivity contribution in [3.05, 3.63) is 95.6 Å². The minimum Gasteiger partial charge on any atom is -0.398 e. The minimum absolute atomic E-state index is 0.0168. The summed E-state index contributed by atoms with van der Waals surface area (Å²) >= 11 is 0. The molecule has 0 aliphatic heterocycles. The summed E-state index contributed by atoms with van der Waals surface area (Å²) in [6.45, 7) is 0.583. The number of carbonyl (C=O) groups is 1. The Hall–Kier alpha value is -3.47. The predicted octanol–water partition coefficient (Wildman–Crippen LogP) is 4.14. The lowest BCUT2D eigenvalue weighted by Crippen LogP contribution is -2.01. The van der Waals surface area contributed by atoms with Crippen LogP contribution in [0.2, 0.25) is 0 Å². The van der Waals surface area contributed by atoms with Gasteiger partial charge in [-0.25, -0.2) is 4.39 Å². The number of rotatable bonds is 7. The summed E-state index contributed by atoms with van der Waals surface area (Å²) in [5.41, 5.74) is 9.09. The number of benzene rings is 2. The molecule has 0 fully saturated rings. The monoisotopic (exact) mass is 361 g/mol. The lowest BCUT2D eigenvalue weighted by Gasteiger charge is -2.01. The molecule has 4 nitrogen and oxygen atoms in total. The third-order valence-corrected chi connectivity index (χ3v) is 4.01. The van der Waals surface area contributed by atoms with Crippen LogP contribution in [-0.2, 0) is 17.8 Å².